The van der Waals surface area contributed by atoms with E-state index < -0.39 is 29.8 Å². The standard InChI is InChI=1S/C17H15NO5/c19-14(15(20)17(22)23)13(11-7-3-1-4-8-11)18-16(21)12-9-5-2-6-10-12/h1-10,13,15,20H,(H,18,21)(H,22,23). The Balaban J connectivity index is 2.29. The highest BCUT2D eigenvalue weighted by atomic mass is 16.4. The fourth-order valence-corrected chi connectivity index (χ4v) is 2.05. The van der Waals surface area contributed by atoms with Gasteiger partial charge in [-0.15, -0.1) is 0 Å². The van der Waals surface area contributed by atoms with Gasteiger partial charge in [-0.3, -0.25) is 9.59 Å². The number of hydrogen-bond acceptors (Lipinski definition) is 4. The molecule has 0 bridgehead atoms. The molecule has 0 saturated heterocycles. The Morgan fingerprint density at radius 2 is 1.39 bits per heavy atom. The molecule has 118 valence electrons. The zero-order valence-corrected chi connectivity index (χ0v) is 12.0. The van der Waals surface area contributed by atoms with E-state index in [9.17, 15) is 19.5 Å². The highest BCUT2D eigenvalue weighted by Gasteiger charge is 2.32. The molecular formula is C17H15NO5. The molecule has 0 aliphatic heterocycles. The SMILES string of the molecule is O=C(NC(C(=O)C(O)C(=O)O)c1ccccc1)c1ccccc1. The van der Waals surface area contributed by atoms with E-state index in [1.165, 1.54) is 0 Å². The fraction of sp³-hybridized carbons (Fsp3) is 0.118. The monoisotopic (exact) mass is 313 g/mol. The van der Waals surface area contributed by atoms with Crippen molar-refractivity contribution in [3.63, 3.8) is 0 Å². The molecular weight excluding hydrogens is 298 g/mol. The van der Waals surface area contributed by atoms with Crippen LogP contribution < -0.4 is 5.32 Å². The minimum absolute atomic E-state index is 0.325. The molecule has 2 aromatic rings. The van der Waals surface area contributed by atoms with Gasteiger partial charge in [0.05, 0.1) is 0 Å². The van der Waals surface area contributed by atoms with Crippen LogP contribution in [0.3, 0.4) is 0 Å². The van der Waals surface area contributed by atoms with Crippen molar-refractivity contribution >= 4 is 17.7 Å². The first kappa shape index (κ1) is 16.4. The summed E-state index contributed by atoms with van der Waals surface area (Å²) in [7, 11) is 0. The van der Waals surface area contributed by atoms with Crippen LogP contribution in [0.25, 0.3) is 0 Å². The van der Waals surface area contributed by atoms with Crippen molar-refractivity contribution in [3.8, 4) is 0 Å². The number of aliphatic hydroxyl groups excluding tert-OH is 1. The molecule has 0 fully saturated rings. The van der Waals surface area contributed by atoms with E-state index in [1.54, 1.807) is 60.7 Å². The molecule has 0 aromatic heterocycles. The number of benzene rings is 2. The summed E-state index contributed by atoms with van der Waals surface area (Å²) >= 11 is 0. The van der Waals surface area contributed by atoms with E-state index >= 15 is 0 Å². The van der Waals surface area contributed by atoms with Crippen molar-refractivity contribution in [2.45, 2.75) is 12.1 Å². The molecule has 0 radical (unpaired) electrons. The molecule has 0 heterocycles. The third-order valence-corrected chi connectivity index (χ3v) is 3.23. The predicted octanol–water partition coefficient (Wildman–Crippen LogP) is 1.17. The van der Waals surface area contributed by atoms with Gasteiger partial charge in [-0.05, 0) is 17.7 Å². The van der Waals surface area contributed by atoms with Crippen LogP contribution in [0, 0.1) is 0 Å². The number of nitrogens with one attached hydrogen (secondary N) is 1. The average Bonchev–Trinajstić information content (AvgIpc) is 2.59. The van der Waals surface area contributed by atoms with Gasteiger partial charge in [0.2, 0.25) is 6.10 Å². The maximum absolute atomic E-state index is 12.2. The first-order valence-electron chi connectivity index (χ1n) is 6.86. The molecule has 6 heteroatoms. The minimum Gasteiger partial charge on any atom is -0.479 e. The number of carbonyl (C=O) groups excluding carboxylic acids is 2. The Kier molecular flexibility index (Phi) is 5.22. The van der Waals surface area contributed by atoms with Gasteiger partial charge in [0, 0.05) is 5.56 Å². The van der Waals surface area contributed by atoms with Crippen LogP contribution in [0.15, 0.2) is 60.7 Å². The van der Waals surface area contributed by atoms with Crippen molar-refractivity contribution in [2.75, 3.05) is 0 Å². The molecule has 0 spiro atoms. The summed E-state index contributed by atoms with van der Waals surface area (Å²) in [6.07, 6.45) is -2.21. The number of carboxylic acid groups (broad SMARTS) is 1. The van der Waals surface area contributed by atoms with Crippen molar-refractivity contribution in [1.29, 1.82) is 0 Å². The van der Waals surface area contributed by atoms with Gasteiger partial charge in [0.1, 0.15) is 6.04 Å². The Bertz CT molecular complexity index is 699. The molecule has 0 aliphatic rings. The molecule has 2 atom stereocenters. The number of amides is 1. The van der Waals surface area contributed by atoms with Crippen LogP contribution in [0.1, 0.15) is 22.0 Å². The lowest BCUT2D eigenvalue weighted by atomic mass is 9.98. The van der Waals surface area contributed by atoms with E-state index in [4.69, 9.17) is 5.11 Å². The lowest BCUT2D eigenvalue weighted by Crippen LogP contribution is -2.42. The minimum atomic E-state index is -2.21. The van der Waals surface area contributed by atoms with E-state index in [0.29, 0.717) is 11.1 Å². The summed E-state index contributed by atoms with van der Waals surface area (Å²) in [6.45, 7) is 0. The van der Waals surface area contributed by atoms with Gasteiger partial charge in [0.15, 0.2) is 5.78 Å². The van der Waals surface area contributed by atoms with Gasteiger partial charge in [-0.25, -0.2) is 4.79 Å². The largest absolute Gasteiger partial charge is 0.479 e. The smallest absolute Gasteiger partial charge is 0.340 e. The van der Waals surface area contributed by atoms with Crippen molar-refractivity contribution < 1.29 is 24.6 Å². The zero-order valence-electron chi connectivity index (χ0n) is 12.0. The lowest BCUT2D eigenvalue weighted by Gasteiger charge is -2.19. The number of rotatable bonds is 6. The van der Waals surface area contributed by atoms with Crippen LogP contribution in [-0.2, 0) is 9.59 Å². The van der Waals surface area contributed by atoms with Gasteiger partial charge in [0.25, 0.3) is 5.91 Å². The quantitative estimate of drug-likeness (QED) is 0.695. The Morgan fingerprint density at radius 1 is 0.870 bits per heavy atom. The normalized spacial score (nSPS) is 12.9. The first-order chi connectivity index (χ1) is 11.0. The molecule has 2 unspecified atom stereocenters. The van der Waals surface area contributed by atoms with E-state index in [0.717, 1.165) is 0 Å². The first-order valence-corrected chi connectivity index (χ1v) is 6.86. The maximum atomic E-state index is 12.2. The maximum Gasteiger partial charge on any atom is 0.340 e. The summed E-state index contributed by atoms with van der Waals surface area (Å²) in [6, 6.07) is 15.1. The number of aliphatic carboxylic acids is 1. The van der Waals surface area contributed by atoms with Gasteiger partial charge in [-0.2, -0.15) is 0 Å². The van der Waals surface area contributed by atoms with Crippen LogP contribution in [0.2, 0.25) is 0 Å². The molecule has 0 aliphatic carbocycles. The van der Waals surface area contributed by atoms with Crippen molar-refractivity contribution in [3.05, 3.63) is 71.8 Å². The molecule has 3 N–H and O–H groups in total. The van der Waals surface area contributed by atoms with Crippen LogP contribution in [0.5, 0.6) is 0 Å². The van der Waals surface area contributed by atoms with E-state index in [-0.39, 0.29) is 0 Å². The second kappa shape index (κ2) is 7.33. The van der Waals surface area contributed by atoms with Gasteiger partial charge in [-0.1, -0.05) is 48.5 Å². The summed E-state index contributed by atoms with van der Waals surface area (Å²) in [5, 5.41) is 20.8. The Labute approximate surface area is 132 Å². The molecule has 23 heavy (non-hydrogen) atoms. The highest BCUT2D eigenvalue weighted by Crippen LogP contribution is 2.17. The molecule has 1 amide bonds. The van der Waals surface area contributed by atoms with Crippen LogP contribution in [-0.4, -0.2) is 34.0 Å². The molecule has 6 nitrogen and oxygen atoms in total. The molecule has 2 rings (SSSR count). The predicted molar refractivity (Wildman–Crippen MR) is 81.7 cm³/mol. The van der Waals surface area contributed by atoms with Gasteiger partial charge >= 0.3 is 5.97 Å². The third kappa shape index (κ3) is 4.02. The van der Waals surface area contributed by atoms with E-state index in [1.807, 2.05) is 0 Å². The number of carbonyl (C=O) groups is 3. The summed E-state index contributed by atoms with van der Waals surface area (Å²) in [4.78, 5) is 35.3. The lowest BCUT2D eigenvalue weighted by molar-refractivity contribution is -0.152. The second-order valence-corrected chi connectivity index (χ2v) is 4.83. The number of aliphatic hydroxyl groups is 1. The van der Waals surface area contributed by atoms with Crippen LogP contribution in [0.4, 0.5) is 0 Å². The number of ketones is 1. The zero-order chi connectivity index (χ0) is 16.8. The summed E-state index contributed by atoms with van der Waals surface area (Å²) < 4.78 is 0. The highest BCUT2D eigenvalue weighted by molar-refractivity contribution is 6.06. The Morgan fingerprint density at radius 3 is 1.91 bits per heavy atom. The van der Waals surface area contributed by atoms with Crippen LogP contribution >= 0.6 is 0 Å². The number of hydrogen-bond donors (Lipinski definition) is 3. The second-order valence-electron chi connectivity index (χ2n) is 4.83. The summed E-state index contributed by atoms with van der Waals surface area (Å²) in [5.74, 6) is -3.21. The summed E-state index contributed by atoms with van der Waals surface area (Å²) in [5.41, 5.74) is 0.716. The van der Waals surface area contributed by atoms with Gasteiger partial charge < -0.3 is 15.5 Å². The molecule has 2 aromatic carbocycles. The number of carboxylic acids is 1. The van der Waals surface area contributed by atoms with Crippen molar-refractivity contribution in [1.82, 2.24) is 5.32 Å². The fourth-order valence-electron chi connectivity index (χ4n) is 2.05. The Hall–Kier alpha value is -2.99. The van der Waals surface area contributed by atoms with E-state index in [2.05, 4.69) is 5.32 Å². The third-order valence-electron chi connectivity index (χ3n) is 3.23. The topological polar surface area (TPSA) is 104 Å². The van der Waals surface area contributed by atoms with Crippen molar-refractivity contribution in [2.24, 2.45) is 0 Å². The number of Topliss-reactive ketones (excluding diaryl/α,β-unsaturated/α-hetero) is 1. The average molecular weight is 313 g/mol. The molecule has 0 saturated carbocycles.